The molecule has 4 nitrogen and oxygen atoms in total. The number of aromatic nitrogens is 1. The van der Waals surface area contributed by atoms with Crippen molar-refractivity contribution in [1.29, 1.82) is 0 Å². The number of amides is 1. The number of nitrogens with zero attached hydrogens (tertiary/aromatic N) is 3. The molecule has 0 bridgehead atoms. The van der Waals surface area contributed by atoms with Crippen molar-refractivity contribution in [1.82, 2.24) is 9.88 Å². The third-order valence-corrected chi connectivity index (χ3v) is 4.63. The molecule has 114 valence electrons. The van der Waals surface area contributed by atoms with Crippen LogP contribution in [0, 0.1) is 5.92 Å². The lowest BCUT2D eigenvalue weighted by molar-refractivity contribution is -0.132. The minimum absolute atomic E-state index is 0.365. The molecular formula is C17H25N3O. The molecule has 1 amide bonds. The fraction of sp³-hybridized carbons (Fsp3) is 0.647. The number of carbonyl (C=O) groups excluding carboxylic acids is 1. The van der Waals surface area contributed by atoms with E-state index < -0.39 is 0 Å². The zero-order chi connectivity index (χ0) is 14.8. The van der Waals surface area contributed by atoms with Gasteiger partial charge in [0.05, 0.1) is 0 Å². The summed E-state index contributed by atoms with van der Waals surface area (Å²) < 4.78 is 0. The molecule has 1 saturated carbocycles. The van der Waals surface area contributed by atoms with Gasteiger partial charge in [0.2, 0.25) is 5.91 Å². The van der Waals surface area contributed by atoms with Crippen LogP contribution in [-0.2, 0) is 4.79 Å². The largest absolute Gasteiger partial charge is 0.363 e. The number of pyridine rings is 1. The van der Waals surface area contributed by atoms with Gasteiger partial charge >= 0.3 is 0 Å². The molecule has 2 aliphatic rings. The summed E-state index contributed by atoms with van der Waals surface area (Å²) in [6.07, 6.45) is 7.44. The maximum atomic E-state index is 12.3. The smallest absolute Gasteiger partial charge is 0.222 e. The van der Waals surface area contributed by atoms with Crippen LogP contribution in [0.3, 0.4) is 0 Å². The molecule has 3 rings (SSSR count). The lowest BCUT2D eigenvalue weighted by Crippen LogP contribution is -2.39. The van der Waals surface area contributed by atoms with Gasteiger partial charge in [0, 0.05) is 45.7 Å². The minimum atomic E-state index is 0.365. The first-order valence-corrected chi connectivity index (χ1v) is 8.04. The van der Waals surface area contributed by atoms with Gasteiger partial charge in [-0.05, 0) is 49.3 Å². The lowest BCUT2D eigenvalue weighted by atomic mass is 9.91. The van der Waals surface area contributed by atoms with E-state index >= 15 is 0 Å². The van der Waals surface area contributed by atoms with Crippen LogP contribution in [0.1, 0.15) is 43.6 Å². The van der Waals surface area contributed by atoms with Crippen LogP contribution in [0.2, 0.25) is 0 Å². The summed E-state index contributed by atoms with van der Waals surface area (Å²) in [4.78, 5) is 20.8. The number of anilines is 1. The second kappa shape index (κ2) is 6.04. The molecule has 1 atom stereocenters. The highest BCUT2D eigenvalue weighted by Crippen LogP contribution is 2.34. The molecular weight excluding hydrogens is 262 g/mol. The Labute approximate surface area is 127 Å². The Morgan fingerprint density at radius 3 is 2.90 bits per heavy atom. The van der Waals surface area contributed by atoms with Gasteiger partial charge in [-0.15, -0.1) is 0 Å². The van der Waals surface area contributed by atoms with Crippen LogP contribution in [0.25, 0.3) is 0 Å². The number of rotatable bonds is 4. The Balaban J connectivity index is 1.67. The van der Waals surface area contributed by atoms with E-state index in [2.05, 4.69) is 22.0 Å². The predicted octanol–water partition coefficient (Wildman–Crippen LogP) is 2.65. The van der Waals surface area contributed by atoms with E-state index in [0.29, 0.717) is 17.7 Å². The van der Waals surface area contributed by atoms with Crippen LogP contribution in [0.4, 0.5) is 5.82 Å². The van der Waals surface area contributed by atoms with Crippen molar-refractivity contribution in [2.75, 3.05) is 32.1 Å². The highest BCUT2D eigenvalue weighted by molar-refractivity contribution is 5.77. The van der Waals surface area contributed by atoms with Crippen LogP contribution in [0.5, 0.6) is 0 Å². The molecule has 1 aliphatic heterocycles. The van der Waals surface area contributed by atoms with Gasteiger partial charge < -0.3 is 9.80 Å². The first kappa shape index (κ1) is 14.4. The molecule has 4 heteroatoms. The van der Waals surface area contributed by atoms with E-state index in [0.717, 1.165) is 31.7 Å². The SMILES string of the molecule is CN(C)c1cc([C@@H]2CCCN(C(=O)CC3CC3)C2)ccn1. The third kappa shape index (κ3) is 3.55. The Kier molecular flexibility index (Phi) is 4.13. The zero-order valence-corrected chi connectivity index (χ0v) is 13.1. The fourth-order valence-electron chi connectivity index (χ4n) is 3.11. The molecule has 2 heterocycles. The molecule has 1 aliphatic carbocycles. The Bertz CT molecular complexity index is 511. The fourth-order valence-corrected chi connectivity index (χ4v) is 3.11. The summed E-state index contributed by atoms with van der Waals surface area (Å²) in [5.74, 6) is 2.50. The van der Waals surface area contributed by atoms with E-state index in [1.54, 1.807) is 0 Å². The quantitative estimate of drug-likeness (QED) is 0.854. The monoisotopic (exact) mass is 287 g/mol. The summed E-state index contributed by atoms with van der Waals surface area (Å²) in [6.45, 7) is 1.82. The van der Waals surface area contributed by atoms with Crippen molar-refractivity contribution in [3.63, 3.8) is 0 Å². The number of carbonyl (C=O) groups is 1. The standard InChI is InChI=1S/C17H25N3O/c1-19(2)16-11-14(7-8-18-16)15-4-3-9-20(12-15)17(21)10-13-5-6-13/h7-8,11,13,15H,3-6,9-10,12H2,1-2H3/t15-/m1/s1. The van der Waals surface area contributed by atoms with Gasteiger partial charge in [-0.1, -0.05) is 0 Å². The van der Waals surface area contributed by atoms with Gasteiger partial charge in [-0.25, -0.2) is 4.98 Å². The van der Waals surface area contributed by atoms with Gasteiger partial charge in [0.1, 0.15) is 5.82 Å². The molecule has 21 heavy (non-hydrogen) atoms. The number of piperidine rings is 1. The number of hydrogen-bond donors (Lipinski definition) is 0. The molecule has 1 aromatic rings. The van der Waals surface area contributed by atoms with Crippen LogP contribution in [0.15, 0.2) is 18.3 Å². The summed E-state index contributed by atoms with van der Waals surface area (Å²) in [5, 5.41) is 0. The van der Waals surface area contributed by atoms with Crippen molar-refractivity contribution < 1.29 is 4.79 Å². The highest BCUT2D eigenvalue weighted by Gasteiger charge is 2.30. The van der Waals surface area contributed by atoms with Crippen LogP contribution >= 0.6 is 0 Å². The van der Waals surface area contributed by atoms with Crippen molar-refractivity contribution in [3.8, 4) is 0 Å². The molecule has 0 aromatic carbocycles. The van der Waals surface area contributed by atoms with Gasteiger partial charge in [-0.3, -0.25) is 4.79 Å². The zero-order valence-electron chi connectivity index (χ0n) is 13.1. The predicted molar refractivity (Wildman–Crippen MR) is 84.5 cm³/mol. The summed E-state index contributed by atoms with van der Waals surface area (Å²) in [7, 11) is 4.02. The maximum absolute atomic E-state index is 12.3. The van der Waals surface area contributed by atoms with E-state index in [1.807, 2.05) is 25.2 Å². The van der Waals surface area contributed by atoms with E-state index in [1.165, 1.54) is 24.8 Å². The molecule has 0 N–H and O–H groups in total. The van der Waals surface area contributed by atoms with Gasteiger partial charge in [0.25, 0.3) is 0 Å². The van der Waals surface area contributed by atoms with Gasteiger partial charge in [-0.2, -0.15) is 0 Å². The van der Waals surface area contributed by atoms with Crippen molar-refractivity contribution in [2.45, 2.75) is 38.0 Å². The Morgan fingerprint density at radius 2 is 2.19 bits per heavy atom. The number of likely N-dealkylation sites (tertiary alicyclic amines) is 1. The van der Waals surface area contributed by atoms with Crippen LogP contribution in [-0.4, -0.2) is 43.0 Å². The molecule has 0 spiro atoms. The molecule has 1 aromatic heterocycles. The van der Waals surface area contributed by atoms with Crippen molar-refractivity contribution >= 4 is 11.7 Å². The minimum Gasteiger partial charge on any atom is -0.363 e. The lowest BCUT2D eigenvalue weighted by Gasteiger charge is -2.33. The Morgan fingerprint density at radius 1 is 1.38 bits per heavy atom. The van der Waals surface area contributed by atoms with Gasteiger partial charge in [0.15, 0.2) is 0 Å². The summed E-state index contributed by atoms with van der Waals surface area (Å²) in [5.41, 5.74) is 1.32. The molecule has 2 fully saturated rings. The van der Waals surface area contributed by atoms with Crippen molar-refractivity contribution in [2.24, 2.45) is 5.92 Å². The normalized spacial score (nSPS) is 22.2. The second-order valence-electron chi connectivity index (χ2n) is 6.67. The second-order valence-corrected chi connectivity index (χ2v) is 6.67. The number of hydrogen-bond acceptors (Lipinski definition) is 3. The Hall–Kier alpha value is -1.58. The van der Waals surface area contributed by atoms with Crippen LogP contribution < -0.4 is 4.90 Å². The van der Waals surface area contributed by atoms with Crippen molar-refractivity contribution in [3.05, 3.63) is 23.9 Å². The first-order chi connectivity index (χ1) is 10.1. The van der Waals surface area contributed by atoms with E-state index in [-0.39, 0.29) is 0 Å². The third-order valence-electron chi connectivity index (χ3n) is 4.63. The molecule has 1 saturated heterocycles. The maximum Gasteiger partial charge on any atom is 0.222 e. The summed E-state index contributed by atoms with van der Waals surface area (Å²) >= 11 is 0. The summed E-state index contributed by atoms with van der Waals surface area (Å²) in [6, 6.07) is 4.27. The molecule has 0 radical (unpaired) electrons. The average molecular weight is 287 g/mol. The molecule has 0 unspecified atom stereocenters. The topological polar surface area (TPSA) is 36.4 Å². The van der Waals surface area contributed by atoms with E-state index in [4.69, 9.17) is 0 Å². The first-order valence-electron chi connectivity index (χ1n) is 8.04. The highest BCUT2D eigenvalue weighted by atomic mass is 16.2. The van der Waals surface area contributed by atoms with E-state index in [9.17, 15) is 4.79 Å². The average Bonchev–Trinajstić information content (AvgIpc) is 3.31.